The largest absolute Gasteiger partial charge is 0.481 e. The van der Waals surface area contributed by atoms with Gasteiger partial charge in [0.15, 0.2) is 0 Å². The summed E-state index contributed by atoms with van der Waals surface area (Å²) in [5.74, 6) is -2.64. The van der Waals surface area contributed by atoms with Gasteiger partial charge in [-0.2, -0.15) is 0 Å². The molecule has 2 N–H and O–H groups in total. The van der Waals surface area contributed by atoms with Crippen molar-refractivity contribution in [3.63, 3.8) is 0 Å². The predicted molar refractivity (Wildman–Crippen MR) is 78.1 cm³/mol. The molecule has 1 aromatic carbocycles. The normalized spacial score (nSPS) is 21.5. The summed E-state index contributed by atoms with van der Waals surface area (Å²) in [6, 6.07) is 4.91. The van der Waals surface area contributed by atoms with Crippen LogP contribution in [0.2, 0.25) is 10.0 Å². The summed E-state index contributed by atoms with van der Waals surface area (Å²) in [5.41, 5.74) is 0.392. The molecule has 0 saturated heterocycles. The van der Waals surface area contributed by atoms with Gasteiger partial charge in [0.2, 0.25) is 5.91 Å². The van der Waals surface area contributed by atoms with E-state index in [2.05, 4.69) is 5.32 Å². The highest BCUT2D eigenvalue weighted by molar-refractivity contribution is 6.44. The second-order valence-electron chi connectivity index (χ2n) is 4.58. The maximum Gasteiger partial charge on any atom is 0.307 e. The second kappa shape index (κ2) is 6.29. The predicted octanol–water partition coefficient (Wildman–Crippen LogP) is 3.60. The lowest BCUT2D eigenvalue weighted by molar-refractivity contribution is -0.146. The van der Waals surface area contributed by atoms with Crippen molar-refractivity contribution < 1.29 is 14.7 Å². The Balaban J connectivity index is 2.17. The Morgan fingerprint density at radius 3 is 2.45 bits per heavy atom. The van der Waals surface area contributed by atoms with Crippen LogP contribution >= 0.6 is 23.2 Å². The summed E-state index contributed by atoms with van der Waals surface area (Å²) in [5, 5.41) is 12.4. The third-order valence-corrected chi connectivity index (χ3v) is 4.11. The van der Waals surface area contributed by atoms with E-state index in [0.717, 1.165) is 0 Å². The summed E-state index contributed by atoms with van der Waals surface area (Å²) < 4.78 is 0. The fourth-order valence-corrected chi connectivity index (χ4v) is 2.55. The number of rotatable bonds is 3. The van der Waals surface area contributed by atoms with E-state index in [0.29, 0.717) is 23.6 Å². The van der Waals surface area contributed by atoms with Gasteiger partial charge in [-0.3, -0.25) is 9.59 Å². The van der Waals surface area contributed by atoms with Crippen molar-refractivity contribution in [2.75, 3.05) is 5.32 Å². The van der Waals surface area contributed by atoms with Crippen molar-refractivity contribution in [1.82, 2.24) is 0 Å². The van der Waals surface area contributed by atoms with E-state index in [-0.39, 0.29) is 10.9 Å². The number of carboxylic acid groups (broad SMARTS) is 1. The number of carbonyl (C=O) groups excluding carboxylic acids is 1. The molecule has 2 atom stereocenters. The topological polar surface area (TPSA) is 66.4 Å². The summed E-state index contributed by atoms with van der Waals surface area (Å²) in [6.45, 7) is 0. The molecule has 0 spiro atoms. The van der Waals surface area contributed by atoms with Crippen molar-refractivity contribution in [3.8, 4) is 0 Å². The summed E-state index contributed by atoms with van der Waals surface area (Å²) in [4.78, 5) is 23.4. The average Bonchev–Trinajstić information content (AvgIpc) is 2.43. The van der Waals surface area contributed by atoms with Crippen LogP contribution in [0.5, 0.6) is 0 Å². The highest BCUT2D eigenvalue weighted by Gasteiger charge is 2.34. The monoisotopic (exact) mass is 313 g/mol. The molecule has 1 aliphatic rings. The Morgan fingerprint density at radius 1 is 1.15 bits per heavy atom. The number of hydrogen-bond donors (Lipinski definition) is 2. The van der Waals surface area contributed by atoms with Crippen molar-refractivity contribution in [1.29, 1.82) is 0 Å². The summed E-state index contributed by atoms with van der Waals surface area (Å²) in [7, 11) is 0. The highest BCUT2D eigenvalue weighted by Crippen LogP contribution is 2.32. The Kier molecular flexibility index (Phi) is 4.68. The molecule has 2 rings (SSSR count). The first-order chi connectivity index (χ1) is 9.50. The number of carboxylic acids is 1. The van der Waals surface area contributed by atoms with E-state index in [1.54, 1.807) is 24.3 Å². The van der Waals surface area contributed by atoms with Crippen molar-refractivity contribution in [3.05, 3.63) is 40.4 Å². The molecule has 0 unspecified atom stereocenters. The van der Waals surface area contributed by atoms with Gasteiger partial charge in [0.1, 0.15) is 0 Å². The number of aliphatic carboxylic acids is 1. The van der Waals surface area contributed by atoms with Crippen LogP contribution in [0.4, 0.5) is 5.69 Å². The molecular formula is C14H13Cl2NO3. The van der Waals surface area contributed by atoms with Crippen molar-refractivity contribution in [2.24, 2.45) is 11.8 Å². The minimum Gasteiger partial charge on any atom is -0.481 e. The molecule has 0 saturated carbocycles. The van der Waals surface area contributed by atoms with Gasteiger partial charge in [-0.1, -0.05) is 41.4 Å². The minimum atomic E-state index is -0.966. The fourth-order valence-electron chi connectivity index (χ4n) is 2.20. The number of benzene rings is 1. The van der Waals surface area contributed by atoms with Gasteiger partial charge >= 0.3 is 5.97 Å². The molecule has 4 nitrogen and oxygen atoms in total. The molecule has 6 heteroatoms. The molecule has 1 amide bonds. The molecular weight excluding hydrogens is 301 g/mol. The van der Waals surface area contributed by atoms with Crippen LogP contribution < -0.4 is 5.32 Å². The number of carbonyl (C=O) groups is 2. The molecule has 106 valence electrons. The molecule has 0 bridgehead atoms. The first-order valence-electron chi connectivity index (χ1n) is 6.13. The van der Waals surface area contributed by atoms with Gasteiger partial charge in [0.25, 0.3) is 0 Å². The molecule has 0 aromatic heterocycles. The Labute approximate surface area is 126 Å². The Bertz CT molecular complexity index is 572. The lowest BCUT2D eigenvalue weighted by Crippen LogP contribution is -2.34. The van der Waals surface area contributed by atoms with Crippen LogP contribution in [0.15, 0.2) is 30.4 Å². The van der Waals surface area contributed by atoms with Crippen LogP contribution in [0, 0.1) is 11.8 Å². The third-order valence-electron chi connectivity index (χ3n) is 3.30. The lowest BCUT2D eigenvalue weighted by Gasteiger charge is -2.24. The van der Waals surface area contributed by atoms with Gasteiger partial charge < -0.3 is 10.4 Å². The van der Waals surface area contributed by atoms with Gasteiger partial charge in [0.05, 0.1) is 27.6 Å². The number of hydrogen-bond acceptors (Lipinski definition) is 2. The first-order valence-corrected chi connectivity index (χ1v) is 6.89. The van der Waals surface area contributed by atoms with Crippen molar-refractivity contribution in [2.45, 2.75) is 12.8 Å². The molecule has 0 heterocycles. The highest BCUT2D eigenvalue weighted by atomic mass is 35.5. The fraction of sp³-hybridized carbons (Fsp3) is 0.286. The van der Waals surface area contributed by atoms with E-state index in [9.17, 15) is 9.59 Å². The standard InChI is InChI=1S/C14H13Cl2NO3/c15-10-6-3-7-11(12(10)16)17-13(18)8-4-1-2-5-9(8)14(19)20/h1-3,6-9H,4-5H2,(H,17,18)(H,19,20)/t8-,9+/m0/s1. The van der Waals surface area contributed by atoms with Crippen LogP contribution in [0.3, 0.4) is 0 Å². The van der Waals surface area contributed by atoms with Gasteiger partial charge in [0, 0.05) is 0 Å². The summed E-state index contributed by atoms with van der Waals surface area (Å²) >= 11 is 11.9. The van der Waals surface area contributed by atoms with E-state index in [1.807, 2.05) is 6.08 Å². The van der Waals surface area contributed by atoms with Gasteiger partial charge in [-0.25, -0.2) is 0 Å². The number of amides is 1. The molecule has 0 aliphatic heterocycles. The third kappa shape index (κ3) is 3.14. The molecule has 1 aliphatic carbocycles. The maximum atomic E-state index is 12.2. The molecule has 1 aromatic rings. The molecule has 0 radical (unpaired) electrons. The summed E-state index contributed by atoms with van der Waals surface area (Å²) in [6.07, 6.45) is 4.37. The number of nitrogens with one attached hydrogen (secondary N) is 1. The number of allylic oxidation sites excluding steroid dienone is 2. The molecule has 0 fully saturated rings. The second-order valence-corrected chi connectivity index (χ2v) is 5.37. The zero-order valence-electron chi connectivity index (χ0n) is 10.5. The quantitative estimate of drug-likeness (QED) is 0.838. The zero-order chi connectivity index (χ0) is 14.7. The van der Waals surface area contributed by atoms with E-state index in [1.165, 1.54) is 0 Å². The van der Waals surface area contributed by atoms with Crippen molar-refractivity contribution >= 4 is 40.8 Å². The van der Waals surface area contributed by atoms with Gasteiger partial charge in [-0.15, -0.1) is 0 Å². The average molecular weight is 314 g/mol. The van der Waals surface area contributed by atoms with Crippen LogP contribution in [-0.4, -0.2) is 17.0 Å². The molecule has 20 heavy (non-hydrogen) atoms. The Hall–Kier alpha value is -1.52. The number of halogens is 2. The first kappa shape index (κ1) is 14.9. The van der Waals surface area contributed by atoms with Crippen LogP contribution in [0.25, 0.3) is 0 Å². The van der Waals surface area contributed by atoms with E-state index in [4.69, 9.17) is 28.3 Å². The SMILES string of the molecule is O=C(Nc1cccc(Cl)c1Cl)[C@H]1CC=CC[C@H]1C(=O)O. The van der Waals surface area contributed by atoms with Gasteiger partial charge in [-0.05, 0) is 25.0 Å². The van der Waals surface area contributed by atoms with E-state index >= 15 is 0 Å². The zero-order valence-corrected chi connectivity index (χ0v) is 12.0. The minimum absolute atomic E-state index is 0.251. The maximum absolute atomic E-state index is 12.2. The van der Waals surface area contributed by atoms with E-state index < -0.39 is 17.8 Å². The lowest BCUT2D eigenvalue weighted by atomic mass is 9.82. The van der Waals surface area contributed by atoms with Crippen LogP contribution in [0.1, 0.15) is 12.8 Å². The van der Waals surface area contributed by atoms with Crippen LogP contribution in [-0.2, 0) is 9.59 Å². The number of anilines is 1. The Morgan fingerprint density at radius 2 is 1.80 bits per heavy atom. The smallest absolute Gasteiger partial charge is 0.307 e.